The van der Waals surface area contributed by atoms with Gasteiger partial charge in [0.2, 0.25) is 5.91 Å². The number of ether oxygens (including phenoxy) is 1. The molecule has 0 unspecified atom stereocenters. The molecule has 8 heteroatoms. The number of nitrogens with one attached hydrogen (secondary N) is 2. The Morgan fingerprint density at radius 2 is 1.70 bits per heavy atom. The van der Waals surface area contributed by atoms with Crippen molar-refractivity contribution >= 4 is 38.6 Å². The van der Waals surface area contributed by atoms with Crippen LogP contribution in [-0.2, 0) is 21.2 Å². The quantitative estimate of drug-likeness (QED) is 0.631. The van der Waals surface area contributed by atoms with E-state index in [4.69, 9.17) is 4.74 Å². The van der Waals surface area contributed by atoms with Gasteiger partial charge in [0.15, 0.2) is 0 Å². The number of methoxy groups -OCH3 is 1. The van der Waals surface area contributed by atoms with E-state index in [1.807, 2.05) is 18.2 Å². The van der Waals surface area contributed by atoms with E-state index in [0.29, 0.717) is 17.1 Å². The van der Waals surface area contributed by atoms with E-state index < -0.39 is 10.0 Å². The predicted octanol–water partition coefficient (Wildman–Crippen LogP) is 3.74. The van der Waals surface area contributed by atoms with Gasteiger partial charge < -0.3 is 10.1 Å². The molecule has 0 radical (unpaired) electrons. The largest absolute Gasteiger partial charge is 0.496 e. The maximum Gasteiger partial charge on any atom is 0.271 e. The van der Waals surface area contributed by atoms with E-state index in [0.717, 1.165) is 16.9 Å². The number of sulfonamides is 1. The van der Waals surface area contributed by atoms with E-state index in [1.165, 1.54) is 6.07 Å². The summed E-state index contributed by atoms with van der Waals surface area (Å²) < 4.78 is 32.9. The molecule has 140 valence electrons. The number of benzene rings is 2. The van der Waals surface area contributed by atoms with Gasteiger partial charge in [-0.05, 0) is 29.6 Å². The van der Waals surface area contributed by atoms with Crippen molar-refractivity contribution < 1.29 is 17.9 Å². The van der Waals surface area contributed by atoms with Crippen molar-refractivity contribution in [2.45, 2.75) is 10.6 Å². The number of hydrogen-bond acceptors (Lipinski definition) is 5. The van der Waals surface area contributed by atoms with Crippen LogP contribution in [0.15, 0.2) is 70.3 Å². The fourth-order valence-corrected chi connectivity index (χ4v) is 4.58. The van der Waals surface area contributed by atoms with Crippen LogP contribution in [0.5, 0.6) is 5.75 Å². The fourth-order valence-electron chi connectivity index (χ4n) is 2.51. The molecule has 2 aromatic carbocycles. The first-order chi connectivity index (χ1) is 13.0. The second-order valence-electron chi connectivity index (χ2n) is 5.62. The minimum atomic E-state index is -3.70. The van der Waals surface area contributed by atoms with Gasteiger partial charge in [-0.15, -0.1) is 11.3 Å². The predicted molar refractivity (Wildman–Crippen MR) is 107 cm³/mol. The van der Waals surface area contributed by atoms with Gasteiger partial charge in [0.25, 0.3) is 10.0 Å². The lowest BCUT2D eigenvalue weighted by Crippen LogP contribution is -2.18. The molecule has 1 amide bonds. The van der Waals surface area contributed by atoms with Crippen LogP contribution < -0.4 is 14.8 Å². The van der Waals surface area contributed by atoms with E-state index >= 15 is 0 Å². The van der Waals surface area contributed by atoms with Crippen LogP contribution in [0.25, 0.3) is 0 Å². The molecule has 2 N–H and O–H groups in total. The van der Waals surface area contributed by atoms with Crippen LogP contribution in [0, 0.1) is 0 Å². The molecular weight excluding hydrogens is 384 g/mol. The van der Waals surface area contributed by atoms with Crippen molar-refractivity contribution in [1.82, 2.24) is 0 Å². The number of anilines is 2. The normalized spacial score (nSPS) is 11.0. The maximum atomic E-state index is 12.5. The van der Waals surface area contributed by atoms with Crippen molar-refractivity contribution in [3.05, 3.63) is 71.6 Å². The summed E-state index contributed by atoms with van der Waals surface area (Å²) in [5.74, 6) is 0.349. The van der Waals surface area contributed by atoms with Gasteiger partial charge >= 0.3 is 0 Å². The summed E-state index contributed by atoms with van der Waals surface area (Å²) in [6.45, 7) is 0. The summed E-state index contributed by atoms with van der Waals surface area (Å²) in [4.78, 5) is 12.5. The highest BCUT2D eigenvalue weighted by molar-refractivity contribution is 7.94. The summed E-state index contributed by atoms with van der Waals surface area (Å²) >= 11 is 1.12. The molecule has 3 rings (SSSR count). The Hall–Kier alpha value is -2.84. The van der Waals surface area contributed by atoms with E-state index in [1.54, 1.807) is 48.9 Å². The number of carbonyl (C=O) groups excluding carboxylic acids is 1. The topological polar surface area (TPSA) is 84.5 Å². The number of amides is 1. The maximum absolute atomic E-state index is 12.5. The monoisotopic (exact) mass is 402 g/mol. The van der Waals surface area contributed by atoms with E-state index in [9.17, 15) is 13.2 Å². The molecular formula is C19H18N2O4S2. The lowest BCUT2D eigenvalue weighted by molar-refractivity contribution is -0.115. The molecule has 0 aliphatic heterocycles. The van der Waals surface area contributed by atoms with Gasteiger partial charge in [-0.25, -0.2) is 8.42 Å². The van der Waals surface area contributed by atoms with Gasteiger partial charge in [0.1, 0.15) is 9.96 Å². The van der Waals surface area contributed by atoms with E-state index in [-0.39, 0.29) is 16.5 Å². The third kappa shape index (κ3) is 4.66. The molecule has 0 atom stereocenters. The number of hydrogen-bond donors (Lipinski definition) is 2. The second kappa shape index (κ2) is 8.24. The lowest BCUT2D eigenvalue weighted by Gasteiger charge is -2.13. The molecule has 3 aromatic rings. The zero-order valence-electron chi connectivity index (χ0n) is 14.5. The minimum absolute atomic E-state index is 0.107. The summed E-state index contributed by atoms with van der Waals surface area (Å²) in [5, 5.41) is 4.45. The van der Waals surface area contributed by atoms with Crippen LogP contribution in [-0.4, -0.2) is 21.4 Å². The first-order valence-corrected chi connectivity index (χ1v) is 10.4. The summed E-state index contributed by atoms with van der Waals surface area (Å²) in [6.07, 6.45) is 0.107. The standard InChI is InChI=1S/C19H18N2O4S2/c1-25-17-10-5-2-7-14(17)13-18(22)20-15-8-3-4-9-16(15)21-27(23,24)19-11-6-12-26-19/h2-12,21H,13H2,1H3,(H,20,22). The third-order valence-electron chi connectivity index (χ3n) is 3.75. The molecule has 0 bridgehead atoms. The first-order valence-electron chi connectivity index (χ1n) is 8.07. The second-order valence-corrected chi connectivity index (χ2v) is 8.48. The fraction of sp³-hybridized carbons (Fsp3) is 0.105. The highest BCUT2D eigenvalue weighted by Crippen LogP contribution is 2.26. The Labute approximate surface area is 161 Å². The number of para-hydroxylation sites is 3. The molecule has 0 saturated carbocycles. The van der Waals surface area contributed by atoms with Crippen molar-refractivity contribution in [2.75, 3.05) is 17.1 Å². The molecule has 1 heterocycles. The van der Waals surface area contributed by atoms with Gasteiger partial charge in [-0.2, -0.15) is 0 Å². The van der Waals surface area contributed by atoms with Crippen LogP contribution >= 0.6 is 11.3 Å². The zero-order chi connectivity index (χ0) is 19.3. The Kier molecular flexibility index (Phi) is 5.78. The smallest absolute Gasteiger partial charge is 0.271 e. The highest BCUT2D eigenvalue weighted by Gasteiger charge is 2.18. The molecule has 6 nitrogen and oxygen atoms in total. The zero-order valence-corrected chi connectivity index (χ0v) is 16.1. The SMILES string of the molecule is COc1ccccc1CC(=O)Nc1ccccc1NS(=O)(=O)c1cccs1. The average molecular weight is 402 g/mol. The van der Waals surface area contributed by atoms with Crippen LogP contribution in [0.1, 0.15) is 5.56 Å². The van der Waals surface area contributed by atoms with Crippen LogP contribution in [0.2, 0.25) is 0 Å². The van der Waals surface area contributed by atoms with Crippen molar-refractivity contribution in [3.8, 4) is 5.75 Å². The molecule has 1 aromatic heterocycles. The van der Waals surface area contributed by atoms with Crippen LogP contribution in [0.3, 0.4) is 0 Å². The van der Waals surface area contributed by atoms with Gasteiger partial charge in [-0.3, -0.25) is 9.52 Å². The summed E-state index contributed by atoms with van der Waals surface area (Å²) in [5.41, 5.74) is 1.44. The molecule has 27 heavy (non-hydrogen) atoms. The average Bonchev–Trinajstić information content (AvgIpc) is 3.19. The van der Waals surface area contributed by atoms with Crippen LogP contribution in [0.4, 0.5) is 11.4 Å². The molecule has 0 spiro atoms. The molecule has 0 aliphatic carbocycles. The highest BCUT2D eigenvalue weighted by atomic mass is 32.2. The minimum Gasteiger partial charge on any atom is -0.496 e. The Bertz CT molecular complexity index is 1030. The lowest BCUT2D eigenvalue weighted by atomic mass is 10.1. The Morgan fingerprint density at radius 1 is 1.00 bits per heavy atom. The van der Waals surface area contributed by atoms with Gasteiger partial charge in [0, 0.05) is 5.56 Å². The Balaban J connectivity index is 1.77. The van der Waals surface area contributed by atoms with Crippen molar-refractivity contribution in [1.29, 1.82) is 0 Å². The van der Waals surface area contributed by atoms with Crippen molar-refractivity contribution in [2.24, 2.45) is 0 Å². The molecule has 0 fully saturated rings. The Morgan fingerprint density at radius 3 is 2.41 bits per heavy atom. The van der Waals surface area contributed by atoms with Crippen molar-refractivity contribution in [3.63, 3.8) is 0 Å². The summed E-state index contributed by atoms with van der Waals surface area (Å²) in [6, 6.07) is 17.1. The van der Waals surface area contributed by atoms with Gasteiger partial charge in [0.05, 0.1) is 24.9 Å². The molecule has 0 aliphatic rings. The first kappa shape index (κ1) is 18.9. The number of thiophene rings is 1. The number of rotatable bonds is 7. The third-order valence-corrected chi connectivity index (χ3v) is 6.51. The van der Waals surface area contributed by atoms with E-state index in [2.05, 4.69) is 10.0 Å². The number of carbonyl (C=O) groups is 1. The van der Waals surface area contributed by atoms with Gasteiger partial charge in [-0.1, -0.05) is 36.4 Å². The molecule has 0 saturated heterocycles. The summed E-state index contributed by atoms with van der Waals surface area (Å²) in [7, 11) is -2.15.